The third kappa shape index (κ3) is 3.30. The van der Waals surface area contributed by atoms with Crippen molar-refractivity contribution in [3.05, 3.63) is 71.7 Å². The highest BCUT2D eigenvalue weighted by Gasteiger charge is 2.41. The maximum atomic E-state index is 13.2. The highest BCUT2D eigenvalue weighted by molar-refractivity contribution is 9.10. The molecule has 0 saturated heterocycles. The van der Waals surface area contributed by atoms with Crippen molar-refractivity contribution in [1.82, 2.24) is 0 Å². The van der Waals surface area contributed by atoms with E-state index in [1.54, 1.807) is 11.3 Å². The summed E-state index contributed by atoms with van der Waals surface area (Å²) in [5.74, 6) is 0.0489. The number of carbonyl (C=O) groups is 1. The van der Waals surface area contributed by atoms with Crippen LogP contribution in [0.1, 0.15) is 47.4 Å². The van der Waals surface area contributed by atoms with Gasteiger partial charge in [0.25, 0.3) is 0 Å². The molecule has 0 bridgehead atoms. The molecule has 2 N–H and O–H groups in total. The van der Waals surface area contributed by atoms with Crippen LogP contribution in [0, 0.1) is 18.3 Å². The second-order valence-corrected chi connectivity index (χ2v) is 9.90. The van der Waals surface area contributed by atoms with Crippen LogP contribution in [-0.4, -0.2) is 5.78 Å². The number of ketones is 1. The molecule has 0 spiro atoms. The van der Waals surface area contributed by atoms with Crippen LogP contribution in [0.4, 0.5) is 5.69 Å². The Bertz CT molecular complexity index is 1160. The molecule has 4 nitrogen and oxygen atoms in total. The Morgan fingerprint density at radius 3 is 2.83 bits per heavy atom. The molecule has 1 aliphatic carbocycles. The number of allylic oxidation sites excluding steroid dienone is 3. The van der Waals surface area contributed by atoms with Crippen molar-refractivity contribution in [1.29, 1.82) is 5.26 Å². The number of nitriles is 1. The van der Waals surface area contributed by atoms with E-state index >= 15 is 0 Å². The summed E-state index contributed by atoms with van der Waals surface area (Å²) in [6, 6.07) is 9.98. The lowest BCUT2D eigenvalue weighted by Crippen LogP contribution is -2.38. The zero-order valence-electron chi connectivity index (χ0n) is 16.8. The summed E-state index contributed by atoms with van der Waals surface area (Å²) < 4.78 is 1.01. The SMILES string of the molecule is CCc1sc(C2C(C#N)=C(N)N(c3cccc(Cl)c3C)C3=C2C(=O)CCC3)cc1Br. The number of rotatable bonds is 3. The van der Waals surface area contributed by atoms with E-state index in [9.17, 15) is 10.1 Å². The van der Waals surface area contributed by atoms with Crippen molar-refractivity contribution in [2.24, 2.45) is 5.73 Å². The van der Waals surface area contributed by atoms with Gasteiger partial charge in [0.05, 0.1) is 23.2 Å². The second kappa shape index (κ2) is 8.22. The Hall–Kier alpha value is -2.07. The summed E-state index contributed by atoms with van der Waals surface area (Å²) in [4.78, 5) is 17.2. The van der Waals surface area contributed by atoms with Crippen LogP contribution in [0.2, 0.25) is 5.02 Å². The molecule has 7 heteroatoms. The monoisotopic (exact) mass is 501 g/mol. The molecular weight excluding hydrogens is 482 g/mol. The Kier molecular flexibility index (Phi) is 5.80. The normalized spacial score (nSPS) is 19.2. The highest BCUT2D eigenvalue weighted by Crippen LogP contribution is 2.49. The van der Waals surface area contributed by atoms with Gasteiger partial charge in [0.2, 0.25) is 0 Å². The fraction of sp³-hybridized carbons (Fsp3) is 0.304. The molecule has 2 heterocycles. The summed E-state index contributed by atoms with van der Waals surface area (Å²) in [7, 11) is 0. The number of nitrogens with two attached hydrogens (primary N) is 1. The molecule has 0 fully saturated rings. The lowest BCUT2D eigenvalue weighted by Gasteiger charge is -2.40. The van der Waals surface area contributed by atoms with Gasteiger partial charge in [-0.2, -0.15) is 5.26 Å². The maximum absolute atomic E-state index is 13.2. The average Bonchev–Trinajstić information content (AvgIpc) is 3.10. The van der Waals surface area contributed by atoms with Crippen molar-refractivity contribution in [2.45, 2.75) is 45.4 Å². The summed E-state index contributed by atoms with van der Waals surface area (Å²) in [5.41, 5.74) is 10.3. The van der Waals surface area contributed by atoms with Crippen LogP contribution in [-0.2, 0) is 11.2 Å². The summed E-state index contributed by atoms with van der Waals surface area (Å²) >= 11 is 11.6. The van der Waals surface area contributed by atoms with Gasteiger partial charge in [0, 0.05) is 36.9 Å². The van der Waals surface area contributed by atoms with Gasteiger partial charge in [0.1, 0.15) is 5.82 Å². The van der Waals surface area contributed by atoms with Gasteiger partial charge in [-0.25, -0.2) is 0 Å². The van der Waals surface area contributed by atoms with E-state index in [1.165, 1.54) is 4.88 Å². The summed E-state index contributed by atoms with van der Waals surface area (Å²) in [5, 5.41) is 10.7. The van der Waals surface area contributed by atoms with Crippen LogP contribution >= 0.6 is 38.9 Å². The molecule has 2 aliphatic rings. The van der Waals surface area contributed by atoms with Crippen molar-refractivity contribution in [2.75, 3.05) is 4.90 Å². The molecular formula is C23H21BrClN3OS. The van der Waals surface area contributed by atoms with E-state index in [2.05, 4.69) is 28.9 Å². The quantitative estimate of drug-likeness (QED) is 0.531. The number of Topliss-reactive ketones (excluding diaryl/α,β-unsaturated/α-hetero) is 1. The summed E-state index contributed by atoms with van der Waals surface area (Å²) in [6.45, 7) is 4.02. The molecule has 1 aromatic carbocycles. The fourth-order valence-corrected chi connectivity index (χ4v) is 6.50. The smallest absolute Gasteiger partial charge is 0.161 e. The van der Waals surface area contributed by atoms with Crippen molar-refractivity contribution >= 4 is 50.3 Å². The largest absolute Gasteiger partial charge is 0.384 e. The molecule has 154 valence electrons. The molecule has 2 aromatic rings. The van der Waals surface area contributed by atoms with Crippen LogP contribution in [0.15, 0.2) is 51.4 Å². The average molecular weight is 503 g/mol. The number of halogens is 2. The zero-order valence-corrected chi connectivity index (χ0v) is 19.9. The lowest BCUT2D eigenvalue weighted by atomic mass is 9.78. The van der Waals surface area contributed by atoms with E-state index in [0.717, 1.165) is 45.6 Å². The molecule has 1 aromatic heterocycles. The van der Waals surface area contributed by atoms with Gasteiger partial charge < -0.3 is 5.73 Å². The lowest BCUT2D eigenvalue weighted by molar-refractivity contribution is -0.116. The van der Waals surface area contributed by atoms with Crippen LogP contribution in [0.25, 0.3) is 0 Å². The topological polar surface area (TPSA) is 70.1 Å². The van der Waals surface area contributed by atoms with Gasteiger partial charge >= 0.3 is 0 Å². The van der Waals surface area contributed by atoms with Crippen molar-refractivity contribution in [3.8, 4) is 6.07 Å². The van der Waals surface area contributed by atoms with E-state index in [1.807, 2.05) is 36.1 Å². The molecule has 4 rings (SSSR count). The Labute approximate surface area is 193 Å². The third-order valence-corrected chi connectivity index (χ3v) is 8.50. The predicted octanol–water partition coefficient (Wildman–Crippen LogP) is 6.34. The van der Waals surface area contributed by atoms with Crippen LogP contribution < -0.4 is 10.6 Å². The van der Waals surface area contributed by atoms with Gasteiger partial charge in [0.15, 0.2) is 5.78 Å². The zero-order chi connectivity index (χ0) is 21.6. The van der Waals surface area contributed by atoms with Crippen molar-refractivity contribution < 1.29 is 4.79 Å². The first-order valence-electron chi connectivity index (χ1n) is 9.88. The number of hydrogen-bond acceptors (Lipinski definition) is 5. The number of anilines is 1. The molecule has 0 radical (unpaired) electrons. The van der Waals surface area contributed by atoms with Gasteiger partial charge in [-0.3, -0.25) is 9.69 Å². The minimum Gasteiger partial charge on any atom is -0.384 e. The van der Waals surface area contributed by atoms with E-state index in [4.69, 9.17) is 17.3 Å². The minimum absolute atomic E-state index is 0.0914. The molecule has 1 unspecified atom stereocenters. The van der Waals surface area contributed by atoms with Gasteiger partial charge in [-0.15, -0.1) is 11.3 Å². The van der Waals surface area contributed by atoms with Gasteiger partial charge in [-0.05, 0) is 65.9 Å². The molecule has 30 heavy (non-hydrogen) atoms. The molecule has 0 saturated carbocycles. The standard InChI is InChI=1S/C23H21BrClN3OS/c1-3-19-14(24)10-20(30-19)21-13(11-26)23(27)28(16-7-4-6-15(25)12(16)2)17-8-5-9-18(29)22(17)21/h4,6-7,10,21H,3,5,8-9,27H2,1-2H3. The maximum Gasteiger partial charge on any atom is 0.161 e. The first-order chi connectivity index (χ1) is 14.4. The van der Waals surface area contributed by atoms with E-state index < -0.39 is 5.92 Å². The fourth-order valence-electron chi connectivity index (χ4n) is 4.29. The number of nitrogens with zero attached hydrogens (tertiary/aromatic N) is 2. The molecule has 1 aliphatic heterocycles. The minimum atomic E-state index is -0.421. The third-order valence-electron chi connectivity index (χ3n) is 5.78. The number of aryl methyl sites for hydroxylation is 1. The van der Waals surface area contributed by atoms with Crippen LogP contribution in [0.5, 0.6) is 0 Å². The number of carbonyl (C=O) groups excluding carboxylic acids is 1. The number of benzene rings is 1. The Morgan fingerprint density at radius 1 is 1.40 bits per heavy atom. The molecule has 1 atom stereocenters. The predicted molar refractivity (Wildman–Crippen MR) is 126 cm³/mol. The first-order valence-corrected chi connectivity index (χ1v) is 11.9. The van der Waals surface area contributed by atoms with E-state index in [0.29, 0.717) is 28.4 Å². The van der Waals surface area contributed by atoms with Gasteiger partial charge in [-0.1, -0.05) is 24.6 Å². The highest BCUT2D eigenvalue weighted by atomic mass is 79.9. The molecule has 0 amide bonds. The Balaban J connectivity index is 1.99. The Morgan fingerprint density at radius 2 is 2.17 bits per heavy atom. The van der Waals surface area contributed by atoms with E-state index in [-0.39, 0.29) is 5.78 Å². The number of thiophene rings is 1. The first kappa shape index (κ1) is 21.2. The van der Waals surface area contributed by atoms with Crippen LogP contribution in [0.3, 0.4) is 0 Å². The number of hydrogen-bond donors (Lipinski definition) is 1. The van der Waals surface area contributed by atoms with Crippen molar-refractivity contribution in [3.63, 3.8) is 0 Å². The summed E-state index contributed by atoms with van der Waals surface area (Å²) in [6.07, 6.45) is 2.87. The second-order valence-electron chi connectivity index (χ2n) is 7.47.